The van der Waals surface area contributed by atoms with E-state index < -0.39 is 0 Å². The van der Waals surface area contributed by atoms with Crippen molar-refractivity contribution in [2.45, 2.75) is 25.9 Å². The molecule has 0 radical (unpaired) electrons. The summed E-state index contributed by atoms with van der Waals surface area (Å²) < 4.78 is 6.92. The van der Waals surface area contributed by atoms with E-state index in [1.165, 1.54) is 10.4 Å². The number of rotatable bonds is 3. The molecule has 0 saturated carbocycles. The first kappa shape index (κ1) is 13.6. The Morgan fingerprint density at radius 3 is 2.90 bits per heavy atom. The van der Waals surface area contributed by atoms with Crippen molar-refractivity contribution in [3.05, 3.63) is 50.1 Å². The van der Waals surface area contributed by atoms with Gasteiger partial charge in [0.1, 0.15) is 12.4 Å². The van der Waals surface area contributed by atoms with Crippen molar-refractivity contribution >= 4 is 33.0 Å². The lowest BCUT2D eigenvalue weighted by Crippen LogP contribution is -2.12. The Balaban J connectivity index is 1.78. The zero-order valence-electron chi connectivity index (χ0n) is 10.8. The van der Waals surface area contributed by atoms with Gasteiger partial charge < -0.3 is 9.94 Å². The first-order valence-electron chi connectivity index (χ1n) is 6.47. The number of nitrogens with zero attached hydrogens (tertiary/aromatic N) is 1. The molecule has 2 aromatic rings. The lowest BCUT2D eigenvalue weighted by atomic mass is 9.90. The van der Waals surface area contributed by atoms with Gasteiger partial charge in [0, 0.05) is 10.4 Å². The van der Waals surface area contributed by atoms with Gasteiger partial charge in [0.2, 0.25) is 0 Å². The van der Waals surface area contributed by atoms with Gasteiger partial charge in [-0.05, 0) is 65.0 Å². The average Bonchev–Trinajstić information content (AvgIpc) is 2.90. The first-order chi connectivity index (χ1) is 9.76. The van der Waals surface area contributed by atoms with Crippen LogP contribution >= 0.6 is 27.3 Å². The molecule has 0 unspecified atom stereocenters. The molecule has 0 amide bonds. The third-order valence-corrected chi connectivity index (χ3v) is 4.98. The second-order valence-electron chi connectivity index (χ2n) is 4.71. The molecule has 0 saturated heterocycles. The van der Waals surface area contributed by atoms with Gasteiger partial charge in [0.25, 0.3) is 0 Å². The number of fused-ring (bicyclic) bond motifs is 1. The number of benzene rings is 1. The molecule has 1 aliphatic rings. The lowest BCUT2D eigenvalue weighted by Gasteiger charge is -2.17. The molecule has 0 atom stereocenters. The molecular formula is C15H14BrNO2S. The predicted molar refractivity (Wildman–Crippen MR) is 84.1 cm³/mol. The van der Waals surface area contributed by atoms with E-state index in [1.807, 2.05) is 24.3 Å². The van der Waals surface area contributed by atoms with Crippen LogP contribution < -0.4 is 4.74 Å². The maximum atomic E-state index is 9.08. The Labute approximate surface area is 130 Å². The molecule has 1 N–H and O–H groups in total. The summed E-state index contributed by atoms with van der Waals surface area (Å²) in [5.41, 5.74) is 3.01. The number of aryl methyl sites for hydroxylation is 1. The molecule has 0 bridgehead atoms. The van der Waals surface area contributed by atoms with Crippen LogP contribution in [0.5, 0.6) is 5.75 Å². The number of hydrogen-bond donors (Lipinski definition) is 1. The van der Waals surface area contributed by atoms with E-state index in [9.17, 15) is 0 Å². The third-order valence-electron chi connectivity index (χ3n) is 3.38. The van der Waals surface area contributed by atoms with Gasteiger partial charge in [-0.1, -0.05) is 11.2 Å². The van der Waals surface area contributed by atoms with Gasteiger partial charge in [-0.3, -0.25) is 0 Å². The van der Waals surface area contributed by atoms with E-state index in [2.05, 4.69) is 27.2 Å². The van der Waals surface area contributed by atoms with E-state index in [0.29, 0.717) is 6.61 Å². The molecule has 0 fully saturated rings. The zero-order chi connectivity index (χ0) is 13.9. The summed E-state index contributed by atoms with van der Waals surface area (Å²) in [6, 6.07) is 10.1. The predicted octanol–water partition coefficient (Wildman–Crippen LogP) is 4.60. The van der Waals surface area contributed by atoms with E-state index >= 15 is 0 Å². The SMILES string of the molecule is O/N=C1/CCCc2ccc(OCc3ccc(Br)s3)cc21. The van der Waals surface area contributed by atoms with Gasteiger partial charge in [-0.2, -0.15) is 0 Å². The normalized spacial score (nSPS) is 16.1. The molecule has 20 heavy (non-hydrogen) atoms. The van der Waals surface area contributed by atoms with Crippen LogP contribution in [-0.2, 0) is 13.0 Å². The van der Waals surface area contributed by atoms with Crippen molar-refractivity contribution < 1.29 is 9.94 Å². The summed E-state index contributed by atoms with van der Waals surface area (Å²) in [5, 5.41) is 12.5. The Hall–Kier alpha value is -1.33. The topological polar surface area (TPSA) is 41.8 Å². The Morgan fingerprint density at radius 2 is 2.15 bits per heavy atom. The second-order valence-corrected chi connectivity index (χ2v) is 7.26. The molecule has 5 heteroatoms. The van der Waals surface area contributed by atoms with E-state index in [4.69, 9.17) is 9.94 Å². The minimum absolute atomic E-state index is 0.556. The fourth-order valence-corrected chi connectivity index (χ4v) is 3.80. The van der Waals surface area contributed by atoms with E-state index in [0.717, 1.165) is 40.1 Å². The minimum atomic E-state index is 0.556. The highest BCUT2D eigenvalue weighted by Gasteiger charge is 2.16. The van der Waals surface area contributed by atoms with Crippen molar-refractivity contribution in [3.63, 3.8) is 0 Å². The molecule has 1 aliphatic carbocycles. The Kier molecular flexibility index (Phi) is 4.08. The van der Waals surface area contributed by atoms with Crippen molar-refractivity contribution in [1.82, 2.24) is 0 Å². The van der Waals surface area contributed by atoms with Crippen molar-refractivity contribution in [2.24, 2.45) is 5.16 Å². The standard InChI is InChI=1S/C15H14BrNO2S/c16-15-7-6-12(20-15)9-19-11-5-4-10-2-1-3-14(17-18)13(10)8-11/h4-8,18H,1-3,9H2/b17-14-. The zero-order valence-corrected chi connectivity index (χ0v) is 13.2. The highest BCUT2D eigenvalue weighted by Crippen LogP contribution is 2.27. The van der Waals surface area contributed by atoms with Gasteiger partial charge in [-0.15, -0.1) is 11.3 Å². The highest BCUT2D eigenvalue weighted by atomic mass is 79.9. The maximum Gasteiger partial charge on any atom is 0.122 e. The van der Waals surface area contributed by atoms with Gasteiger partial charge in [0.15, 0.2) is 0 Å². The number of thiophene rings is 1. The molecule has 0 spiro atoms. The quantitative estimate of drug-likeness (QED) is 0.648. The van der Waals surface area contributed by atoms with Crippen LogP contribution in [0.4, 0.5) is 0 Å². The molecule has 104 valence electrons. The minimum Gasteiger partial charge on any atom is -0.488 e. The van der Waals surface area contributed by atoms with Gasteiger partial charge >= 0.3 is 0 Å². The largest absolute Gasteiger partial charge is 0.488 e. The maximum absolute atomic E-state index is 9.08. The Bertz CT molecular complexity index is 651. The van der Waals surface area contributed by atoms with Crippen LogP contribution in [0, 0.1) is 0 Å². The highest BCUT2D eigenvalue weighted by molar-refractivity contribution is 9.11. The van der Waals surface area contributed by atoms with Crippen LogP contribution in [0.2, 0.25) is 0 Å². The van der Waals surface area contributed by atoms with Crippen LogP contribution in [0.3, 0.4) is 0 Å². The van der Waals surface area contributed by atoms with Crippen LogP contribution in [0.15, 0.2) is 39.3 Å². The van der Waals surface area contributed by atoms with Crippen molar-refractivity contribution in [2.75, 3.05) is 0 Å². The van der Waals surface area contributed by atoms with Crippen LogP contribution in [-0.4, -0.2) is 10.9 Å². The fourth-order valence-electron chi connectivity index (χ4n) is 2.40. The third kappa shape index (κ3) is 2.88. The van der Waals surface area contributed by atoms with E-state index in [-0.39, 0.29) is 0 Å². The molecule has 1 aromatic heterocycles. The van der Waals surface area contributed by atoms with Gasteiger partial charge in [0.05, 0.1) is 9.50 Å². The molecule has 3 nitrogen and oxygen atoms in total. The molecule has 1 heterocycles. The summed E-state index contributed by atoms with van der Waals surface area (Å²) in [5.74, 6) is 0.816. The van der Waals surface area contributed by atoms with Crippen molar-refractivity contribution in [3.8, 4) is 5.75 Å². The number of oxime groups is 1. The van der Waals surface area contributed by atoms with Crippen molar-refractivity contribution in [1.29, 1.82) is 0 Å². The first-order valence-corrected chi connectivity index (χ1v) is 8.08. The molecule has 3 rings (SSSR count). The molecule has 0 aliphatic heterocycles. The smallest absolute Gasteiger partial charge is 0.122 e. The summed E-state index contributed by atoms with van der Waals surface area (Å²) >= 11 is 5.11. The summed E-state index contributed by atoms with van der Waals surface area (Å²) in [6.45, 7) is 0.556. The number of halogens is 1. The van der Waals surface area contributed by atoms with Crippen LogP contribution in [0.1, 0.15) is 28.8 Å². The van der Waals surface area contributed by atoms with E-state index in [1.54, 1.807) is 11.3 Å². The summed E-state index contributed by atoms with van der Waals surface area (Å²) in [7, 11) is 0. The fraction of sp³-hybridized carbons (Fsp3) is 0.267. The molecule has 1 aromatic carbocycles. The summed E-state index contributed by atoms with van der Waals surface area (Å²) in [6.07, 6.45) is 2.90. The number of hydrogen-bond acceptors (Lipinski definition) is 4. The van der Waals surface area contributed by atoms with Crippen LogP contribution in [0.25, 0.3) is 0 Å². The monoisotopic (exact) mass is 351 g/mol. The second kappa shape index (κ2) is 5.97. The Morgan fingerprint density at radius 1 is 1.25 bits per heavy atom. The average molecular weight is 352 g/mol. The summed E-state index contributed by atoms with van der Waals surface area (Å²) in [4.78, 5) is 1.17. The lowest BCUT2D eigenvalue weighted by molar-refractivity contribution is 0.309. The number of ether oxygens (including phenoxy) is 1. The molecular weight excluding hydrogens is 338 g/mol. The van der Waals surface area contributed by atoms with Gasteiger partial charge in [-0.25, -0.2) is 0 Å².